The van der Waals surface area contributed by atoms with E-state index in [4.69, 9.17) is 0 Å². The molecule has 7 nitrogen and oxygen atoms in total. The SMILES string of the molecule is CN1CCN(c2ccccc2NC(=O)N2CC(=O)N(C)C2c2ccccc2)CC1. The number of likely N-dealkylation sites (N-methyl/N-ethyl adjacent to an activating group) is 2. The number of nitrogens with zero attached hydrogens (tertiary/aromatic N) is 4. The van der Waals surface area contributed by atoms with Gasteiger partial charge in [-0.3, -0.25) is 9.69 Å². The van der Waals surface area contributed by atoms with Crippen LogP contribution in [0.25, 0.3) is 0 Å². The second-order valence-corrected chi connectivity index (χ2v) is 7.65. The predicted octanol–water partition coefficient (Wildman–Crippen LogP) is 2.44. The molecule has 2 aromatic carbocycles. The Morgan fingerprint density at radius 2 is 1.59 bits per heavy atom. The number of rotatable bonds is 3. The maximum atomic E-state index is 13.2. The Bertz CT molecular complexity index is 880. The summed E-state index contributed by atoms with van der Waals surface area (Å²) in [6, 6.07) is 17.3. The smallest absolute Gasteiger partial charge is 0.324 e. The lowest BCUT2D eigenvalue weighted by atomic mass is 10.1. The zero-order valence-corrected chi connectivity index (χ0v) is 16.9. The fourth-order valence-corrected chi connectivity index (χ4v) is 3.99. The van der Waals surface area contributed by atoms with Gasteiger partial charge in [-0.25, -0.2) is 4.79 Å². The number of urea groups is 1. The molecule has 0 saturated carbocycles. The summed E-state index contributed by atoms with van der Waals surface area (Å²) in [5.41, 5.74) is 2.71. The lowest BCUT2D eigenvalue weighted by Gasteiger charge is -2.35. The molecule has 0 radical (unpaired) electrons. The molecule has 0 aliphatic carbocycles. The van der Waals surface area contributed by atoms with E-state index in [1.54, 1.807) is 16.8 Å². The summed E-state index contributed by atoms with van der Waals surface area (Å²) >= 11 is 0. The molecular weight excluding hydrogens is 366 g/mol. The number of hydrogen-bond donors (Lipinski definition) is 1. The van der Waals surface area contributed by atoms with Crippen LogP contribution in [0.2, 0.25) is 0 Å². The van der Waals surface area contributed by atoms with Crippen LogP contribution in [-0.2, 0) is 4.79 Å². The maximum Gasteiger partial charge on any atom is 0.324 e. The van der Waals surface area contributed by atoms with Gasteiger partial charge in [0, 0.05) is 33.2 Å². The largest absolute Gasteiger partial charge is 0.367 e. The third kappa shape index (κ3) is 3.91. The monoisotopic (exact) mass is 393 g/mol. The average Bonchev–Trinajstić information content (AvgIpc) is 3.04. The number of piperazine rings is 1. The quantitative estimate of drug-likeness (QED) is 0.870. The van der Waals surface area contributed by atoms with Gasteiger partial charge in [-0.05, 0) is 24.7 Å². The number of para-hydroxylation sites is 2. The molecule has 0 aromatic heterocycles. The summed E-state index contributed by atoms with van der Waals surface area (Å²) < 4.78 is 0. The van der Waals surface area contributed by atoms with Crippen LogP contribution in [0.15, 0.2) is 54.6 Å². The van der Waals surface area contributed by atoms with Crippen molar-refractivity contribution >= 4 is 23.3 Å². The molecule has 7 heteroatoms. The molecule has 0 bridgehead atoms. The van der Waals surface area contributed by atoms with Gasteiger partial charge in [0.05, 0.1) is 11.4 Å². The molecule has 3 amide bonds. The van der Waals surface area contributed by atoms with E-state index in [-0.39, 0.29) is 18.5 Å². The molecule has 2 saturated heterocycles. The van der Waals surface area contributed by atoms with Crippen molar-refractivity contribution in [2.24, 2.45) is 0 Å². The number of benzene rings is 2. The van der Waals surface area contributed by atoms with Gasteiger partial charge in [0.1, 0.15) is 12.7 Å². The standard InChI is InChI=1S/C22H27N5O2/c1-24-12-14-26(15-13-24)19-11-7-6-10-18(19)23-22(29)27-16-20(28)25(2)21(27)17-8-4-3-5-9-17/h3-11,21H,12-16H2,1-2H3,(H,23,29). The van der Waals surface area contributed by atoms with Crippen molar-refractivity contribution in [3.8, 4) is 0 Å². The minimum atomic E-state index is -0.403. The topological polar surface area (TPSA) is 59.1 Å². The molecule has 152 valence electrons. The van der Waals surface area contributed by atoms with Crippen molar-refractivity contribution in [2.45, 2.75) is 6.17 Å². The van der Waals surface area contributed by atoms with Crippen molar-refractivity contribution in [1.82, 2.24) is 14.7 Å². The first-order chi connectivity index (χ1) is 14.0. The van der Waals surface area contributed by atoms with Crippen LogP contribution < -0.4 is 10.2 Å². The van der Waals surface area contributed by atoms with Crippen molar-refractivity contribution in [2.75, 3.05) is 57.0 Å². The van der Waals surface area contributed by atoms with Gasteiger partial charge in [-0.2, -0.15) is 0 Å². The van der Waals surface area contributed by atoms with Crippen LogP contribution in [0.1, 0.15) is 11.7 Å². The molecular formula is C22H27N5O2. The highest BCUT2D eigenvalue weighted by Crippen LogP contribution is 2.32. The summed E-state index contributed by atoms with van der Waals surface area (Å²) in [4.78, 5) is 33.4. The number of amides is 3. The molecule has 0 spiro atoms. The second kappa shape index (κ2) is 8.13. The van der Waals surface area contributed by atoms with Crippen molar-refractivity contribution < 1.29 is 9.59 Å². The van der Waals surface area contributed by atoms with Crippen LogP contribution in [0, 0.1) is 0 Å². The van der Waals surface area contributed by atoms with E-state index in [9.17, 15) is 9.59 Å². The third-order valence-corrected chi connectivity index (χ3v) is 5.71. The Morgan fingerprint density at radius 1 is 0.931 bits per heavy atom. The Kier molecular flexibility index (Phi) is 5.40. The van der Waals surface area contributed by atoms with E-state index in [2.05, 4.69) is 22.2 Å². The second-order valence-electron chi connectivity index (χ2n) is 7.65. The molecule has 2 aliphatic rings. The summed E-state index contributed by atoms with van der Waals surface area (Å²) in [5, 5.41) is 3.05. The number of nitrogens with one attached hydrogen (secondary N) is 1. The van der Waals surface area contributed by atoms with Gasteiger partial charge in [0.2, 0.25) is 5.91 Å². The molecule has 2 heterocycles. The highest BCUT2D eigenvalue weighted by molar-refractivity contribution is 5.97. The lowest BCUT2D eigenvalue weighted by Crippen LogP contribution is -2.45. The minimum Gasteiger partial charge on any atom is -0.367 e. The molecule has 29 heavy (non-hydrogen) atoms. The summed E-state index contributed by atoms with van der Waals surface area (Å²) in [7, 11) is 3.86. The van der Waals surface area contributed by atoms with Gasteiger partial charge < -0.3 is 20.0 Å². The predicted molar refractivity (Wildman–Crippen MR) is 114 cm³/mol. The highest BCUT2D eigenvalue weighted by Gasteiger charge is 2.39. The molecule has 2 fully saturated rings. The van der Waals surface area contributed by atoms with Crippen LogP contribution in [0.4, 0.5) is 16.2 Å². The fraction of sp³-hybridized carbons (Fsp3) is 0.364. The van der Waals surface area contributed by atoms with Crippen LogP contribution in [-0.4, -0.2) is 73.5 Å². The van der Waals surface area contributed by atoms with Crippen LogP contribution >= 0.6 is 0 Å². The fourth-order valence-electron chi connectivity index (χ4n) is 3.99. The zero-order valence-electron chi connectivity index (χ0n) is 16.9. The lowest BCUT2D eigenvalue weighted by molar-refractivity contribution is -0.126. The Balaban J connectivity index is 1.56. The summed E-state index contributed by atoms with van der Waals surface area (Å²) in [6.45, 7) is 3.88. The van der Waals surface area contributed by atoms with E-state index < -0.39 is 6.17 Å². The van der Waals surface area contributed by atoms with Gasteiger partial charge in [0.25, 0.3) is 0 Å². The first kappa shape index (κ1) is 19.3. The average molecular weight is 393 g/mol. The number of hydrogen-bond acceptors (Lipinski definition) is 4. The Hall–Kier alpha value is -3.06. The van der Waals surface area contributed by atoms with E-state index >= 15 is 0 Å². The van der Waals surface area contributed by atoms with Crippen molar-refractivity contribution in [3.63, 3.8) is 0 Å². The number of carbonyl (C=O) groups excluding carboxylic acids is 2. The summed E-state index contributed by atoms with van der Waals surface area (Å²) in [6.07, 6.45) is -0.403. The molecule has 2 aromatic rings. The third-order valence-electron chi connectivity index (χ3n) is 5.71. The van der Waals surface area contributed by atoms with Crippen LogP contribution in [0.3, 0.4) is 0 Å². The first-order valence-corrected chi connectivity index (χ1v) is 9.95. The number of carbonyl (C=O) groups is 2. The molecule has 1 N–H and O–H groups in total. The molecule has 1 unspecified atom stereocenters. The Labute approximate surface area is 171 Å². The van der Waals surface area contributed by atoms with E-state index in [1.165, 1.54) is 0 Å². The molecule has 2 aliphatic heterocycles. The van der Waals surface area contributed by atoms with E-state index in [0.29, 0.717) is 0 Å². The van der Waals surface area contributed by atoms with Crippen molar-refractivity contribution in [1.29, 1.82) is 0 Å². The van der Waals surface area contributed by atoms with Gasteiger partial charge in [-0.1, -0.05) is 42.5 Å². The summed E-state index contributed by atoms with van der Waals surface area (Å²) in [5.74, 6) is -0.0682. The zero-order chi connectivity index (χ0) is 20.4. The minimum absolute atomic E-state index is 0.0680. The van der Waals surface area contributed by atoms with E-state index in [1.807, 2.05) is 54.6 Å². The van der Waals surface area contributed by atoms with E-state index in [0.717, 1.165) is 43.1 Å². The first-order valence-electron chi connectivity index (χ1n) is 9.95. The maximum absolute atomic E-state index is 13.2. The number of anilines is 2. The normalized spacial score (nSPS) is 20.3. The van der Waals surface area contributed by atoms with Gasteiger partial charge in [0.15, 0.2) is 0 Å². The molecule has 4 rings (SSSR count). The molecule has 1 atom stereocenters. The van der Waals surface area contributed by atoms with Crippen molar-refractivity contribution in [3.05, 3.63) is 60.2 Å². The highest BCUT2D eigenvalue weighted by atomic mass is 16.2. The van der Waals surface area contributed by atoms with Crippen LogP contribution in [0.5, 0.6) is 0 Å². The van der Waals surface area contributed by atoms with Gasteiger partial charge >= 0.3 is 6.03 Å². The van der Waals surface area contributed by atoms with Gasteiger partial charge in [-0.15, -0.1) is 0 Å². The Morgan fingerprint density at radius 3 is 2.31 bits per heavy atom.